The maximum atomic E-state index is 12.1. The molecule has 0 radical (unpaired) electrons. The molecule has 1 aromatic rings. The van der Waals surface area contributed by atoms with Gasteiger partial charge in [-0.25, -0.2) is 0 Å². The predicted molar refractivity (Wildman–Crippen MR) is 75.1 cm³/mol. The molecule has 0 atom stereocenters. The van der Waals surface area contributed by atoms with Crippen LogP contribution in [0.5, 0.6) is 0 Å². The minimum absolute atomic E-state index is 0.164. The summed E-state index contributed by atoms with van der Waals surface area (Å²) in [6, 6.07) is 7.01. The quantitative estimate of drug-likeness (QED) is 0.445. The highest BCUT2D eigenvalue weighted by Gasteiger charge is 2.34. The molecule has 2 amide bonds. The zero-order valence-electron chi connectivity index (χ0n) is 11.3. The molecule has 0 unspecified atom stereocenters. The van der Waals surface area contributed by atoms with Crippen LogP contribution in [-0.4, -0.2) is 23.3 Å². The largest absolute Gasteiger partial charge is 0.274 e. The molecule has 0 fully saturated rings. The molecule has 0 bridgehead atoms. The Morgan fingerprint density at radius 2 is 1.58 bits per heavy atom. The van der Waals surface area contributed by atoms with E-state index < -0.39 is 0 Å². The minimum atomic E-state index is -0.164. The molecule has 1 heterocycles. The number of amides is 2. The lowest BCUT2D eigenvalue weighted by atomic mass is 10.1. The number of nitrogens with zero attached hydrogens (tertiary/aromatic N) is 1. The maximum Gasteiger partial charge on any atom is 0.261 e. The fraction of sp³-hybridized carbons (Fsp3) is 0.375. The molecule has 0 saturated carbocycles. The van der Waals surface area contributed by atoms with Crippen molar-refractivity contribution in [3.63, 3.8) is 0 Å². The number of carbonyl (C=O) groups is 2. The van der Waals surface area contributed by atoms with Gasteiger partial charge in [-0.3, -0.25) is 14.5 Å². The summed E-state index contributed by atoms with van der Waals surface area (Å²) in [6.45, 7) is 2.63. The SMILES string of the molecule is CCCC/C=C\CCN1C(=O)c2ccccc2C1=O. The molecule has 0 aromatic heterocycles. The smallest absolute Gasteiger partial charge is 0.261 e. The first-order valence-corrected chi connectivity index (χ1v) is 6.86. The maximum absolute atomic E-state index is 12.1. The van der Waals surface area contributed by atoms with Crippen LogP contribution < -0.4 is 0 Å². The Hall–Kier alpha value is -1.90. The van der Waals surface area contributed by atoms with Gasteiger partial charge >= 0.3 is 0 Å². The molecule has 1 aromatic carbocycles. The Morgan fingerprint density at radius 1 is 1.00 bits per heavy atom. The summed E-state index contributed by atoms with van der Waals surface area (Å²) < 4.78 is 0. The third-order valence-electron chi connectivity index (χ3n) is 3.29. The number of imide groups is 1. The van der Waals surface area contributed by atoms with Gasteiger partial charge in [0.2, 0.25) is 0 Å². The van der Waals surface area contributed by atoms with E-state index in [9.17, 15) is 9.59 Å². The summed E-state index contributed by atoms with van der Waals surface area (Å²) in [4.78, 5) is 25.5. The van der Waals surface area contributed by atoms with Crippen molar-refractivity contribution < 1.29 is 9.59 Å². The Labute approximate surface area is 113 Å². The monoisotopic (exact) mass is 257 g/mol. The molecule has 0 saturated heterocycles. The summed E-state index contributed by atoms with van der Waals surface area (Å²) in [6.07, 6.45) is 8.35. The number of rotatable bonds is 6. The van der Waals surface area contributed by atoms with Crippen LogP contribution >= 0.6 is 0 Å². The topological polar surface area (TPSA) is 37.4 Å². The number of unbranched alkanes of at least 4 members (excludes halogenated alkanes) is 2. The number of fused-ring (bicyclic) bond motifs is 1. The second kappa shape index (κ2) is 6.32. The van der Waals surface area contributed by atoms with Gasteiger partial charge in [0, 0.05) is 6.54 Å². The van der Waals surface area contributed by atoms with Crippen LogP contribution in [-0.2, 0) is 0 Å². The Bertz CT molecular complexity index is 470. The lowest BCUT2D eigenvalue weighted by molar-refractivity contribution is 0.0657. The van der Waals surface area contributed by atoms with Gasteiger partial charge in [-0.2, -0.15) is 0 Å². The van der Waals surface area contributed by atoms with E-state index in [-0.39, 0.29) is 11.8 Å². The van der Waals surface area contributed by atoms with E-state index in [0.29, 0.717) is 17.7 Å². The van der Waals surface area contributed by atoms with Crippen molar-refractivity contribution in [2.24, 2.45) is 0 Å². The first kappa shape index (κ1) is 13.5. The molecule has 3 nitrogen and oxygen atoms in total. The van der Waals surface area contributed by atoms with Crippen LogP contribution in [0.2, 0.25) is 0 Å². The first-order chi connectivity index (χ1) is 9.25. The zero-order chi connectivity index (χ0) is 13.7. The lowest BCUT2D eigenvalue weighted by Crippen LogP contribution is -2.30. The highest BCUT2D eigenvalue weighted by molar-refractivity contribution is 6.21. The molecule has 1 aliphatic rings. The molecule has 3 heteroatoms. The first-order valence-electron chi connectivity index (χ1n) is 6.86. The summed E-state index contributed by atoms with van der Waals surface area (Å²) in [5, 5.41) is 0. The van der Waals surface area contributed by atoms with Gasteiger partial charge in [0.1, 0.15) is 0 Å². The molecule has 1 aliphatic heterocycles. The average molecular weight is 257 g/mol. The highest BCUT2D eigenvalue weighted by Crippen LogP contribution is 2.22. The van der Waals surface area contributed by atoms with Crippen molar-refractivity contribution >= 4 is 11.8 Å². The molecular weight excluding hydrogens is 238 g/mol. The van der Waals surface area contributed by atoms with Gasteiger partial charge in [0.05, 0.1) is 11.1 Å². The standard InChI is InChI=1S/C16H19NO2/c1-2-3-4-5-6-9-12-17-15(18)13-10-7-8-11-14(13)16(17)19/h5-8,10-11H,2-4,9,12H2,1H3/b6-5-. The van der Waals surface area contributed by atoms with E-state index in [0.717, 1.165) is 12.8 Å². The van der Waals surface area contributed by atoms with Crippen molar-refractivity contribution in [3.05, 3.63) is 47.5 Å². The fourth-order valence-corrected chi connectivity index (χ4v) is 2.20. The van der Waals surface area contributed by atoms with Gasteiger partial charge in [-0.1, -0.05) is 44.1 Å². The Morgan fingerprint density at radius 3 is 2.16 bits per heavy atom. The third kappa shape index (κ3) is 2.92. The van der Waals surface area contributed by atoms with Gasteiger partial charge in [0.25, 0.3) is 11.8 Å². The molecule has 100 valence electrons. The summed E-state index contributed by atoms with van der Waals surface area (Å²) in [7, 11) is 0. The number of hydrogen-bond acceptors (Lipinski definition) is 2. The van der Waals surface area contributed by atoms with E-state index >= 15 is 0 Å². The van der Waals surface area contributed by atoms with E-state index in [1.807, 2.05) is 0 Å². The van der Waals surface area contributed by atoms with Crippen molar-refractivity contribution in [1.29, 1.82) is 0 Å². The number of hydrogen-bond donors (Lipinski definition) is 0. The van der Waals surface area contributed by atoms with Crippen LogP contribution in [0.4, 0.5) is 0 Å². The molecule has 0 N–H and O–H groups in total. The van der Waals surface area contributed by atoms with Crippen molar-refractivity contribution in [3.8, 4) is 0 Å². The lowest BCUT2D eigenvalue weighted by Gasteiger charge is -2.11. The molecule has 2 rings (SSSR count). The molecule has 0 aliphatic carbocycles. The van der Waals surface area contributed by atoms with Gasteiger partial charge in [-0.15, -0.1) is 0 Å². The fourth-order valence-electron chi connectivity index (χ4n) is 2.20. The summed E-state index contributed by atoms with van der Waals surface area (Å²) >= 11 is 0. The van der Waals surface area contributed by atoms with Crippen LogP contribution in [0, 0.1) is 0 Å². The van der Waals surface area contributed by atoms with Crippen LogP contribution in [0.25, 0.3) is 0 Å². The Kier molecular flexibility index (Phi) is 4.50. The second-order valence-corrected chi connectivity index (χ2v) is 4.71. The average Bonchev–Trinajstić information content (AvgIpc) is 2.68. The van der Waals surface area contributed by atoms with Crippen LogP contribution in [0.1, 0.15) is 53.3 Å². The van der Waals surface area contributed by atoms with E-state index in [4.69, 9.17) is 0 Å². The summed E-state index contributed by atoms with van der Waals surface area (Å²) in [5.74, 6) is -0.329. The van der Waals surface area contributed by atoms with Crippen molar-refractivity contribution in [2.75, 3.05) is 6.54 Å². The van der Waals surface area contributed by atoms with E-state index in [2.05, 4.69) is 19.1 Å². The molecular formula is C16H19NO2. The van der Waals surface area contributed by atoms with Gasteiger partial charge < -0.3 is 0 Å². The van der Waals surface area contributed by atoms with Gasteiger partial charge in [0.15, 0.2) is 0 Å². The summed E-state index contributed by atoms with van der Waals surface area (Å²) in [5.41, 5.74) is 1.06. The normalized spacial score (nSPS) is 14.5. The molecule has 19 heavy (non-hydrogen) atoms. The second-order valence-electron chi connectivity index (χ2n) is 4.71. The third-order valence-corrected chi connectivity index (χ3v) is 3.29. The highest BCUT2D eigenvalue weighted by atomic mass is 16.2. The van der Waals surface area contributed by atoms with Crippen LogP contribution in [0.15, 0.2) is 36.4 Å². The number of carbonyl (C=O) groups excluding carboxylic acids is 2. The molecule has 0 spiro atoms. The van der Waals surface area contributed by atoms with Crippen LogP contribution in [0.3, 0.4) is 0 Å². The Balaban J connectivity index is 1.92. The zero-order valence-corrected chi connectivity index (χ0v) is 11.3. The van der Waals surface area contributed by atoms with Gasteiger partial charge in [-0.05, 0) is 25.0 Å². The van der Waals surface area contributed by atoms with E-state index in [1.165, 1.54) is 17.7 Å². The van der Waals surface area contributed by atoms with Crippen molar-refractivity contribution in [2.45, 2.75) is 32.6 Å². The number of benzene rings is 1. The van der Waals surface area contributed by atoms with E-state index in [1.54, 1.807) is 24.3 Å². The van der Waals surface area contributed by atoms with Crippen molar-refractivity contribution in [1.82, 2.24) is 4.90 Å². The number of allylic oxidation sites excluding steroid dienone is 1. The predicted octanol–water partition coefficient (Wildman–Crippen LogP) is 3.42. The minimum Gasteiger partial charge on any atom is -0.274 e.